The molecule has 0 unspecified atom stereocenters. The molecule has 0 aliphatic heterocycles. The second kappa shape index (κ2) is 5.43. The summed E-state index contributed by atoms with van der Waals surface area (Å²) >= 11 is 0. The van der Waals surface area contributed by atoms with Crippen molar-refractivity contribution in [1.29, 1.82) is 0 Å². The van der Waals surface area contributed by atoms with Crippen LogP contribution in [0.15, 0.2) is 23.4 Å². The molecule has 7 heteroatoms. The van der Waals surface area contributed by atoms with Gasteiger partial charge in [-0.05, 0) is 12.1 Å². The zero-order valence-electron chi connectivity index (χ0n) is 8.75. The number of carboxylic acids is 1. The van der Waals surface area contributed by atoms with Crippen molar-refractivity contribution in [3.8, 4) is 12.3 Å². The van der Waals surface area contributed by atoms with E-state index in [1.165, 1.54) is 6.07 Å². The summed E-state index contributed by atoms with van der Waals surface area (Å²) in [5.41, 5.74) is -0.0763. The van der Waals surface area contributed by atoms with Gasteiger partial charge in [0.2, 0.25) is 0 Å². The number of aromatic nitrogens is 1. The van der Waals surface area contributed by atoms with Crippen LogP contribution >= 0.6 is 0 Å². The first-order valence-corrected chi connectivity index (χ1v) is 6.08. The van der Waals surface area contributed by atoms with Crippen molar-refractivity contribution in [3.63, 3.8) is 0 Å². The molecule has 90 valence electrons. The Labute approximate surface area is 98.7 Å². The molecule has 0 radical (unpaired) electrons. The molecule has 0 aliphatic carbocycles. The van der Waals surface area contributed by atoms with Crippen molar-refractivity contribution in [2.45, 2.75) is 11.4 Å². The van der Waals surface area contributed by atoms with Gasteiger partial charge in [-0.2, -0.15) is 0 Å². The topological polar surface area (TPSA) is 96.4 Å². The van der Waals surface area contributed by atoms with Gasteiger partial charge >= 0.3 is 5.97 Å². The smallest absolute Gasteiger partial charge is 0.337 e. The van der Waals surface area contributed by atoms with E-state index in [2.05, 4.69) is 15.6 Å². The van der Waals surface area contributed by atoms with Gasteiger partial charge in [0.05, 0.1) is 5.56 Å². The van der Waals surface area contributed by atoms with Crippen molar-refractivity contribution < 1.29 is 18.3 Å². The minimum atomic E-state index is -3.72. The molecule has 0 amide bonds. The highest BCUT2D eigenvalue weighted by Crippen LogP contribution is 2.06. The number of hydrogen-bond donors (Lipinski definition) is 2. The first-order valence-electron chi connectivity index (χ1n) is 4.60. The molecule has 0 aromatic carbocycles. The highest BCUT2D eigenvalue weighted by atomic mass is 32.2. The van der Waals surface area contributed by atoms with E-state index in [1.54, 1.807) is 0 Å². The van der Waals surface area contributed by atoms with E-state index in [0.717, 1.165) is 12.3 Å². The van der Waals surface area contributed by atoms with Crippen LogP contribution in [0.4, 0.5) is 0 Å². The summed E-state index contributed by atoms with van der Waals surface area (Å²) in [5, 5.41) is 8.39. The van der Waals surface area contributed by atoms with E-state index in [1.807, 2.05) is 0 Å². The molecule has 1 aromatic rings. The second-order valence-corrected chi connectivity index (χ2v) is 4.76. The number of hydrogen-bond acceptors (Lipinski definition) is 4. The summed E-state index contributed by atoms with van der Waals surface area (Å²) in [6.07, 6.45) is 6.24. The maximum atomic E-state index is 11.6. The van der Waals surface area contributed by atoms with Gasteiger partial charge in [0, 0.05) is 19.2 Å². The van der Waals surface area contributed by atoms with Gasteiger partial charge in [0.1, 0.15) is 0 Å². The van der Waals surface area contributed by atoms with Gasteiger partial charge in [-0.25, -0.2) is 22.9 Å². The Hall–Kier alpha value is -1.91. The van der Waals surface area contributed by atoms with Crippen LogP contribution in [0.3, 0.4) is 0 Å². The fourth-order valence-electron chi connectivity index (χ4n) is 0.997. The molecule has 2 N–H and O–H groups in total. The van der Waals surface area contributed by atoms with E-state index in [4.69, 9.17) is 11.5 Å². The molecule has 0 saturated carbocycles. The molecule has 0 atom stereocenters. The zero-order valence-corrected chi connectivity index (χ0v) is 9.57. The van der Waals surface area contributed by atoms with Crippen molar-refractivity contribution in [1.82, 2.24) is 9.71 Å². The molecule has 0 bridgehead atoms. The number of rotatable bonds is 5. The summed E-state index contributed by atoms with van der Waals surface area (Å²) in [6, 6.07) is 2.30. The van der Waals surface area contributed by atoms with Gasteiger partial charge in [0.25, 0.3) is 10.0 Å². The second-order valence-electron chi connectivity index (χ2n) is 3.04. The Morgan fingerprint density at radius 1 is 1.53 bits per heavy atom. The van der Waals surface area contributed by atoms with Gasteiger partial charge in [-0.15, -0.1) is 12.3 Å². The number of terminal acetylenes is 1. The summed E-state index contributed by atoms with van der Waals surface area (Å²) in [4.78, 5) is 14.1. The number of carbonyl (C=O) groups is 1. The molecule has 0 spiro atoms. The number of nitrogens with zero attached hydrogens (tertiary/aromatic N) is 1. The van der Waals surface area contributed by atoms with Crippen LogP contribution in [0.5, 0.6) is 0 Å². The summed E-state index contributed by atoms with van der Waals surface area (Å²) in [7, 11) is -3.72. The third kappa shape index (κ3) is 3.55. The van der Waals surface area contributed by atoms with E-state index in [9.17, 15) is 13.2 Å². The Bertz CT molecular complexity index is 543. The highest BCUT2D eigenvalue weighted by molar-refractivity contribution is 7.89. The number of aromatic carboxylic acids is 1. The number of carboxylic acid groups (broad SMARTS) is 1. The van der Waals surface area contributed by atoms with Crippen molar-refractivity contribution in [3.05, 3.63) is 23.9 Å². The predicted octanol–water partition coefficient (Wildman–Crippen LogP) is 0.0814. The standard InChI is InChI=1S/C10H10N2O4S/c1-2-3-6-12-17(15,16)9-5-4-8(7-11-9)10(13)14/h1,4-5,7,12H,3,6H2,(H,13,14). The quantitative estimate of drug-likeness (QED) is 0.573. The monoisotopic (exact) mass is 254 g/mol. The first kappa shape index (κ1) is 13.2. The van der Waals surface area contributed by atoms with Crippen molar-refractivity contribution >= 4 is 16.0 Å². The number of nitrogens with one attached hydrogen (secondary N) is 1. The maximum absolute atomic E-state index is 11.6. The molecule has 0 saturated heterocycles. The average molecular weight is 254 g/mol. The van der Waals surface area contributed by atoms with Crippen LogP contribution in [0, 0.1) is 12.3 Å². The minimum Gasteiger partial charge on any atom is -0.478 e. The lowest BCUT2D eigenvalue weighted by Gasteiger charge is -2.04. The number of sulfonamides is 1. The van der Waals surface area contributed by atoms with Gasteiger partial charge in [-0.3, -0.25) is 0 Å². The maximum Gasteiger partial charge on any atom is 0.337 e. The fourth-order valence-corrected chi connectivity index (χ4v) is 1.95. The molecule has 1 heterocycles. The van der Waals surface area contributed by atoms with Crippen LogP contribution in [-0.4, -0.2) is 31.0 Å². The zero-order chi connectivity index (χ0) is 12.9. The number of pyridine rings is 1. The predicted molar refractivity (Wildman–Crippen MR) is 59.8 cm³/mol. The Morgan fingerprint density at radius 2 is 2.24 bits per heavy atom. The lowest BCUT2D eigenvalue weighted by Crippen LogP contribution is -2.25. The molecular formula is C10H10N2O4S. The van der Waals surface area contributed by atoms with E-state index in [0.29, 0.717) is 0 Å². The van der Waals surface area contributed by atoms with E-state index >= 15 is 0 Å². The third-order valence-corrected chi connectivity index (χ3v) is 3.20. The lowest BCUT2D eigenvalue weighted by atomic mass is 10.3. The average Bonchev–Trinajstić information content (AvgIpc) is 2.29. The molecule has 1 rings (SSSR count). The summed E-state index contributed by atoms with van der Waals surface area (Å²) < 4.78 is 25.4. The van der Waals surface area contributed by atoms with Crippen LogP contribution in [-0.2, 0) is 10.0 Å². The molecule has 6 nitrogen and oxygen atoms in total. The summed E-state index contributed by atoms with van der Waals surface area (Å²) in [5.74, 6) is 1.13. The molecule has 0 fully saturated rings. The molecule has 17 heavy (non-hydrogen) atoms. The SMILES string of the molecule is C#CCCNS(=O)(=O)c1ccc(C(=O)O)cn1. The van der Waals surface area contributed by atoms with Gasteiger partial charge in [0.15, 0.2) is 5.03 Å². The van der Waals surface area contributed by atoms with Crippen LogP contribution < -0.4 is 4.72 Å². The van der Waals surface area contributed by atoms with Crippen LogP contribution in [0.1, 0.15) is 16.8 Å². The van der Waals surface area contributed by atoms with Crippen molar-refractivity contribution in [2.75, 3.05) is 6.54 Å². The molecular weight excluding hydrogens is 244 g/mol. The van der Waals surface area contributed by atoms with Gasteiger partial charge < -0.3 is 5.11 Å². The van der Waals surface area contributed by atoms with Crippen molar-refractivity contribution in [2.24, 2.45) is 0 Å². The minimum absolute atomic E-state index is 0.0763. The van der Waals surface area contributed by atoms with E-state index in [-0.39, 0.29) is 23.6 Å². The Morgan fingerprint density at radius 3 is 2.71 bits per heavy atom. The first-order chi connectivity index (χ1) is 7.97. The Kier molecular flexibility index (Phi) is 4.20. The van der Waals surface area contributed by atoms with E-state index < -0.39 is 16.0 Å². The van der Waals surface area contributed by atoms with Crippen LogP contribution in [0.25, 0.3) is 0 Å². The summed E-state index contributed by atoms with van der Waals surface area (Å²) in [6.45, 7) is 0.112. The normalized spacial score (nSPS) is 10.8. The van der Waals surface area contributed by atoms with Gasteiger partial charge in [-0.1, -0.05) is 0 Å². The fraction of sp³-hybridized carbons (Fsp3) is 0.200. The molecule has 1 aromatic heterocycles. The molecule has 0 aliphatic rings. The largest absolute Gasteiger partial charge is 0.478 e. The van der Waals surface area contributed by atoms with Crippen LogP contribution in [0.2, 0.25) is 0 Å². The third-order valence-electron chi connectivity index (χ3n) is 1.82. The lowest BCUT2D eigenvalue weighted by molar-refractivity contribution is 0.0696. The highest BCUT2D eigenvalue weighted by Gasteiger charge is 2.15. The Balaban J connectivity index is 2.86.